The van der Waals surface area contributed by atoms with Gasteiger partial charge in [0.15, 0.2) is 11.5 Å². The summed E-state index contributed by atoms with van der Waals surface area (Å²) in [5.41, 5.74) is 4.99. The van der Waals surface area contributed by atoms with Crippen molar-refractivity contribution in [3.63, 3.8) is 0 Å². The number of nitrogens with one attached hydrogen (secondary N) is 1. The molecule has 0 aromatic heterocycles. The fourth-order valence-corrected chi connectivity index (χ4v) is 2.78. The number of hydrazone groups is 1. The van der Waals surface area contributed by atoms with E-state index in [-0.39, 0.29) is 5.91 Å². The summed E-state index contributed by atoms with van der Waals surface area (Å²) < 4.78 is 10.6. The summed E-state index contributed by atoms with van der Waals surface area (Å²) in [5.74, 6) is 1.35. The van der Waals surface area contributed by atoms with Crippen LogP contribution in [0.5, 0.6) is 11.5 Å². The SMILES string of the molecule is COc1cc2c(cc1OC)C1=NNC(=O)[C@@]1(C)CC2. The van der Waals surface area contributed by atoms with E-state index in [1.54, 1.807) is 14.2 Å². The van der Waals surface area contributed by atoms with Crippen LogP contribution in [0, 0.1) is 5.41 Å². The van der Waals surface area contributed by atoms with Crippen molar-refractivity contribution in [2.75, 3.05) is 14.2 Å². The number of amides is 1. The predicted octanol–water partition coefficient (Wildman–Crippen LogP) is 1.49. The molecular weight excluding hydrogens is 244 g/mol. The topological polar surface area (TPSA) is 59.9 Å². The second kappa shape index (κ2) is 3.98. The third-order valence-corrected chi connectivity index (χ3v) is 4.05. The molecule has 0 radical (unpaired) electrons. The van der Waals surface area contributed by atoms with Gasteiger partial charge in [-0.3, -0.25) is 4.79 Å². The van der Waals surface area contributed by atoms with Crippen molar-refractivity contribution in [1.29, 1.82) is 0 Å². The Morgan fingerprint density at radius 3 is 2.63 bits per heavy atom. The summed E-state index contributed by atoms with van der Waals surface area (Å²) in [4.78, 5) is 11.9. The van der Waals surface area contributed by atoms with Crippen LogP contribution in [0.4, 0.5) is 0 Å². The molecule has 1 atom stereocenters. The van der Waals surface area contributed by atoms with Crippen LogP contribution < -0.4 is 14.9 Å². The van der Waals surface area contributed by atoms with Crippen molar-refractivity contribution >= 4 is 11.6 Å². The Labute approximate surface area is 111 Å². The number of fused-ring (bicyclic) bond motifs is 3. The van der Waals surface area contributed by atoms with Crippen LogP contribution in [0.1, 0.15) is 24.5 Å². The standard InChI is InChI=1S/C14H16N2O3/c1-14-5-4-8-6-10(18-2)11(19-3)7-9(8)12(14)15-16-13(14)17/h6-7H,4-5H2,1-3H3,(H,16,17)/t14-/m0/s1. The average molecular weight is 260 g/mol. The summed E-state index contributed by atoms with van der Waals surface area (Å²) in [6, 6.07) is 3.88. The number of aryl methyl sites for hydroxylation is 1. The van der Waals surface area contributed by atoms with E-state index in [2.05, 4.69) is 10.5 Å². The molecule has 1 aliphatic heterocycles. The fraction of sp³-hybridized carbons (Fsp3) is 0.429. The quantitative estimate of drug-likeness (QED) is 0.876. The van der Waals surface area contributed by atoms with E-state index in [4.69, 9.17) is 9.47 Å². The normalized spacial score (nSPS) is 24.2. The maximum atomic E-state index is 11.9. The summed E-state index contributed by atoms with van der Waals surface area (Å²) in [6.45, 7) is 1.94. The van der Waals surface area contributed by atoms with Gasteiger partial charge >= 0.3 is 0 Å². The van der Waals surface area contributed by atoms with Crippen molar-refractivity contribution in [3.05, 3.63) is 23.3 Å². The molecule has 1 N–H and O–H groups in total. The van der Waals surface area contributed by atoms with Crippen molar-refractivity contribution in [2.24, 2.45) is 10.5 Å². The molecule has 0 saturated heterocycles. The molecule has 0 fully saturated rings. The van der Waals surface area contributed by atoms with Crippen LogP contribution in [0.3, 0.4) is 0 Å². The molecule has 5 heteroatoms. The molecule has 0 spiro atoms. The van der Waals surface area contributed by atoms with E-state index in [0.717, 1.165) is 29.7 Å². The van der Waals surface area contributed by atoms with Gasteiger partial charge in [0.2, 0.25) is 0 Å². The van der Waals surface area contributed by atoms with Gasteiger partial charge in [-0.1, -0.05) is 0 Å². The van der Waals surface area contributed by atoms with Gasteiger partial charge in [0, 0.05) is 5.56 Å². The Kier molecular flexibility index (Phi) is 2.52. The summed E-state index contributed by atoms with van der Waals surface area (Å²) in [7, 11) is 3.22. The number of carbonyl (C=O) groups is 1. The number of benzene rings is 1. The molecule has 2 aliphatic rings. The van der Waals surface area contributed by atoms with Gasteiger partial charge in [-0.15, -0.1) is 0 Å². The zero-order chi connectivity index (χ0) is 13.6. The minimum absolute atomic E-state index is 0.0251. The molecule has 0 saturated carbocycles. The Balaban J connectivity index is 2.17. The molecule has 1 heterocycles. The highest BCUT2D eigenvalue weighted by atomic mass is 16.5. The fourth-order valence-electron chi connectivity index (χ4n) is 2.78. The maximum Gasteiger partial charge on any atom is 0.252 e. The molecule has 0 bridgehead atoms. The number of rotatable bonds is 2. The lowest BCUT2D eigenvalue weighted by Gasteiger charge is -2.30. The summed E-state index contributed by atoms with van der Waals surface area (Å²) >= 11 is 0. The third-order valence-electron chi connectivity index (χ3n) is 4.05. The van der Waals surface area contributed by atoms with Crippen LogP contribution in [0.15, 0.2) is 17.2 Å². The lowest BCUT2D eigenvalue weighted by atomic mass is 9.71. The Bertz CT molecular complexity index is 595. The summed E-state index contributed by atoms with van der Waals surface area (Å²) in [5, 5.41) is 4.20. The summed E-state index contributed by atoms with van der Waals surface area (Å²) in [6.07, 6.45) is 1.60. The first-order valence-electron chi connectivity index (χ1n) is 6.24. The van der Waals surface area contributed by atoms with Gasteiger partial charge in [-0.2, -0.15) is 5.10 Å². The first-order valence-corrected chi connectivity index (χ1v) is 6.24. The maximum absolute atomic E-state index is 11.9. The average Bonchev–Trinajstić information content (AvgIpc) is 2.73. The molecule has 19 heavy (non-hydrogen) atoms. The lowest BCUT2D eigenvalue weighted by Crippen LogP contribution is -2.39. The Morgan fingerprint density at radius 2 is 1.95 bits per heavy atom. The number of hydrogen-bond donors (Lipinski definition) is 1. The van der Waals surface area contributed by atoms with E-state index in [1.165, 1.54) is 0 Å². The number of ether oxygens (including phenoxy) is 2. The highest BCUT2D eigenvalue weighted by Gasteiger charge is 2.46. The second-order valence-corrected chi connectivity index (χ2v) is 5.10. The highest BCUT2D eigenvalue weighted by Crippen LogP contribution is 2.42. The molecular formula is C14H16N2O3. The van der Waals surface area contributed by atoms with Crippen LogP contribution in [0.25, 0.3) is 0 Å². The van der Waals surface area contributed by atoms with Gasteiger partial charge < -0.3 is 9.47 Å². The number of carbonyl (C=O) groups excluding carboxylic acids is 1. The van der Waals surface area contributed by atoms with E-state index >= 15 is 0 Å². The van der Waals surface area contributed by atoms with E-state index in [9.17, 15) is 4.79 Å². The Morgan fingerprint density at radius 1 is 1.26 bits per heavy atom. The van der Waals surface area contributed by atoms with Crippen molar-refractivity contribution in [2.45, 2.75) is 19.8 Å². The first-order chi connectivity index (χ1) is 9.10. The largest absolute Gasteiger partial charge is 0.493 e. The van der Waals surface area contributed by atoms with E-state index < -0.39 is 5.41 Å². The van der Waals surface area contributed by atoms with Gasteiger partial charge in [0.1, 0.15) is 0 Å². The molecule has 3 rings (SSSR count). The number of methoxy groups -OCH3 is 2. The monoisotopic (exact) mass is 260 g/mol. The number of hydrogen-bond acceptors (Lipinski definition) is 4. The molecule has 100 valence electrons. The zero-order valence-electron chi connectivity index (χ0n) is 11.2. The van der Waals surface area contributed by atoms with Crippen molar-refractivity contribution < 1.29 is 14.3 Å². The molecule has 1 amide bonds. The van der Waals surface area contributed by atoms with Crippen LogP contribution in [-0.2, 0) is 11.2 Å². The van der Waals surface area contributed by atoms with Gasteiger partial charge in [0.25, 0.3) is 5.91 Å². The minimum Gasteiger partial charge on any atom is -0.493 e. The van der Waals surface area contributed by atoms with Crippen molar-refractivity contribution in [3.8, 4) is 11.5 Å². The highest BCUT2D eigenvalue weighted by molar-refractivity contribution is 6.20. The van der Waals surface area contributed by atoms with Gasteiger partial charge in [-0.05, 0) is 37.5 Å². The molecule has 1 aliphatic carbocycles. The predicted molar refractivity (Wildman–Crippen MR) is 70.7 cm³/mol. The molecule has 5 nitrogen and oxygen atoms in total. The smallest absolute Gasteiger partial charge is 0.252 e. The van der Waals surface area contributed by atoms with Crippen molar-refractivity contribution in [1.82, 2.24) is 5.43 Å². The zero-order valence-corrected chi connectivity index (χ0v) is 11.2. The van der Waals surface area contributed by atoms with Gasteiger partial charge in [0.05, 0.1) is 25.3 Å². The minimum atomic E-state index is -0.521. The van der Waals surface area contributed by atoms with E-state index in [1.807, 2.05) is 19.1 Å². The van der Waals surface area contributed by atoms with Gasteiger partial charge in [-0.25, -0.2) is 5.43 Å². The molecule has 1 aromatic carbocycles. The first kappa shape index (κ1) is 12.0. The second-order valence-electron chi connectivity index (χ2n) is 5.10. The van der Waals surface area contributed by atoms with Crippen LogP contribution >= 0.6 is 0 Å². The number of nitrogens with zero attached hydrogens (tertiary/aromatic N) is 1. The molecule has 1 aromatic rings. The van der Waals surface area contributed by atoms with E-state index in [0.29, 0.717) is 11.5 Å². The van der Waals surface area contributed by atoms with Crippen LogP contribution in [0.2, 0.25) is 0 Å². The third kappa shape index (κ3) is 1.54. The molecule has 0 unspecified atom stereocenters. The lowest BCUT2D eigenvalue weighted by molar-refractivity contribution is -0.125. The Hall–Kier alpha value is -2.04. The van der Waals surface area contributed by atoms with Crippen LogP contribution in [-0.4, -0.2) is 25.8 Å².